The third-order valence-electron chi connectivity index (χ3n) is 5.84. The molecule has 3 rings (SSSR count). The second kappa shape index (κ2) is 8.89. The number of nitrogens with zero attached hydrogens (tertiary/aromatic N) is 2. The Bertz CT molecular complexity index is 769. The molecular weight excluding hydrogens is 340 g/mol. The van der Waals surface area contributed by atoms with Crippen LogP contribution in [0.5, 0.6) is 5.75 Å². The van der Waals surface area contributed by atoms with E-state index in [1.54, 1.807) is 14.2 Å². The highest BCUT2D eigenvalue weighted by atomic mass is 16.5. The van der Waals surface area contributed by atoms with E-state index >= 15 is 0 Å². The fourth-order valence-electron chi connectivity index (χ4n) is 3.98. The molecule has 5 heteroatoms. The van der Waals surface area contributed by atoms with Gasteiger partial charge < -0.3 is 13.9 Å². The molecule has 2 aromatic rings. The molecule has 1 fully saturated rings. The van der Waals surface area contributed by atoms with Gasteiger partial charge in [-0.1, -0.05) is 6.42 Å². The van der Waals surface area contributed by atoms with E-state index in [-0.39, 0.29) is 0 Å². The maximum absolute atomic E-state index is 6.06. The highest BCUT2D eigenvalue weighted by molar-refractivity contribution is 5.63. The fraction of sp³-hybridized carbons (Fsp3) is 0.591. The van der Waals surface area contributed by atoms with Gasteiger partial charge in [-0.05, 0) is 69.8 Å². The lowest BCUT2D eigenvalue weighted by atomic mass is 9.99. The molecule has 0 aliphatic carbocycles. The van der Waals surface area contributed by atoms with E-state index < -0.39 is 0 Å². The molecule has 0 radical (unpaired) electrons. The Morgan fingerprint density at radius 1 is 1.15 bits per heavy atom. The fourth-order valence-corrected chi connectivity index (χ4v) is 3.98. The maximum atomic E-state index is 6.06. The van der Waals surface area contributed by atoms with Crippen molar-refractivity contribution in [3.8, 4) is 17.2 Å². The Morgan fingerprint density at radius 2 is 1.96 bits per heavy atom. The summed E-state index contributed by atoms with van der Waals surface area (Å²) in [4.78, 5) is 7.41. The van der Waals surface area contributed by atoms with E-state index in [1.165, 1.54) is 19.3 Å². The quantitative estimate of drug-likeness (QED) is 0.707. The van der Waals surface area contributed by atoms with E-state index in [2.05, 4.69) is 18.7 Å². The van der Waals surface area contributed by atoms with Gasteiger partial charge in [0.2, 0.25) is 5.89 Å². The molecule has 1 atom stereocenters. The first-order valence-corrected chi connectivity index (χ1v) is 9.89. The summed E-state index contributed by atoms with van der Waals surface area (Å²) in [7, 11) is 3.48. The van der Waals surface area contributed by atoms with E-state index in [0.717, 1.165) is 60.0 Å². The van der Waals surface area contributed by atoms with Crippen LogP contribution in [0.1, 0.15) is 48.3 Å². The van der Waals surface area contributed by atoms with E-state index in [9.17, 15) is 0 Å². The Labute approximate surface area is 162 Å². The normalized spacial score (nSPS) is 18.0. The first-order valence-electron chi connectivity index (χ1n) is 9.89. The van der Waals surface area contributed by atoms with Crippen LogP contribution in [0.3, 0.4) is 0 Å². The number of piperidine rings is 1. The first-order chi connectivity index (χ1) is 13.0. The Morgan fingerprint density at radius 3 is 2.70 bits per heavy atom. The first kappa shape index (κ1) is 19.9. The SMILES string of the molecule is COCC[C@H]1CCCCN1Cc1nc(-c2ccc(OC)c(C)c2C)oc1C. The van der Waals surface area contributed by atoms with Crippen molar-refractivity contribution in [1.29, 1.82) is 0 Å². The summed E-state index contributed by atoms with van der Waals surface area (Å²) in [6.45, 7) is 8.97. The molecule has 0 bridgehead atoms. The summed E-state index contributed by atoms with van der Waals surface area (Å²) in [6.07, 6.45) is 4.88. The number of hydrogen-bond donors (Lipinski definition) is 0. The molecule has 1 saturated heterocycles. The lowest BCUT2D eigenvalue weighted by molar-refractivity contribution is 0.0961. The second-order valence-electron chi connectivity index (χ2n) is 7.49. The average molecular weight is 373 g/mol. The summed E-state index contributed by atoms with van der Waals surface area (Å²) in [5.74, 6) is 2.51. The maximum Gasteiger partial charge on any atom is 0.226 e. The van der Waals surface area contributed by atoms with Gasteiger partial charge in [-0.25, -0.2) is 4.98 Å². The molecule has 148 valence electrons. The minimum Gasteiger partial charge on any atom is -0.496 e. The molecule has 27 heavy (non-hydrogen) atoms. The van der Waals surface area contributed by atoms with Gasteiger partial charge in [0.25, 0.3) is 0 Å². The molecule has 1 aromatic heterocycles. The van der Waals surface area contributed by atoms with E-state index in [4.69, 9.17) is 18.9 Å². The number of ether oxygens (including phenoxy) is 2. The Balaban J connectivity index is 1.81. The highest BCUT2D eigenvalue weighted by Crippen LogP contribution is 2.32. The zero-order valence-electron chi connectivity index (χ0n) is 17.3. The van der Waals surface area contributed by atoms with Crippen LogP contribution in [0.2, 0.25) is 0 Å². The third-order valence-corrected chi connectivity index (χ3v) is 5.84. The second-order valence-corrected chi connectivity index (χ2v) is 7.49. The lowest BCUT2D eigenvalue weighted by Gasteiger charge is -2.35. The number of methoxy groups -OCH3 is 2. The highest BCUT2D eigenvalue weighted by Gasteiger charge is 2.25. The number of aryl methyl sites for hydroxylation is 1. The topological polar surface area (TPSA) is 47.7 Å². The van der Waals surface area contributed by atoms with Crippen LogP contribution in [0.4, 0.5) is 0 Å². The summed E-state index contributed by atoms with van der Waals surface area (Å²) < 4.78 is 16.8. The lowest BCUT2D eigenvalue weighted by Crippen LogP contribution is -2.39. The minimum absolute atomic E-state index is 0.572. The van der Waals surface area contributed by atoms with Gasteiger partial charge in [-0.15, -0.1) is 0 Å². The van der Waals surface area contributed by atoms with E-state index in [1.807, 2.05) is 19.1 Å². The Hall–Kier alpha value is -1.85. The Kier molecular flexibility index (Phi) is 6.55. The van der Waals surface area contributed by atoms with Gasteiger partial charge in [0.05, 0.1) is 12.8 Å². The molecule has 5 nitrogen and oxygen atoms in total. The monoisotopic (exact) mass is 372 g/mol. The van der Waals surface area contributed by atoms with Crippen molar-refractivity contribution in [3.05, 3.63) is 34.7 Å². The molecule has 1 aromatic carbocycles. The molecule has 1 aliphatic rings. The van der Waals surface area contributed by atoms with Crippen LogP contribution in [0, 0.1) is 20.8 Å². The van der Waals surface area contributed by atoms with Gasteiger partial charge >= 0.3 is 0 Å². The molecule has 0 amide bonds. The summed E-state index contributed by atoms with van der Waals surface area (Å²) in [5.41, 5.74) is 4.36. The van der Waals surface area contributed by atoms with Gasteiger partial charge in [-0.2, -0.15) is 0 Å². The van der Waals surface area contributed by atoms with Crippen LogP contribution < -0.4 is 4.74 Å². The van der Waals surface area contributed by atoms with Crippen LogP contribution in [0.25, 0.3) is 11.5 Å². The number of rotatable bonds is 7. The predicted octanol–water partition coefficient (Wildman–Crippen LogP) is 4.67. The molecule has 0 saturated carbocycles. The van der Waals surface area contributed by atoms with Gasteiger partial charge in [0.1, 0.15) is 11.5 Å². The van der Waals surface area contributed by atoms with Crippen molar-refractivity contribution in [3.63, 3.8) is 0 Å². The van der Waals surface area contributed by atoms with Crippen molar-refractivity contribution in [2.45, 2.75) is 59.0 Å². The number of benzene rings is 1. The number of hydrogen-bond acceptors (Lipinski definition) is 5. The molecule has 0 N–H and O–H groups in total. The van der Waals surface area contributed by atoms with E-state index in [0.29, 0.717) is 11.9 Å². The third kappa shape index (κ3) is 4.36. The van der Waals surface area contributed by atoms with Crippen LogP contribution in [-0.4, -0.2) is 43.3 Å². The molecule has 1 aliphatic heterocycles. The van der Waals surface area contributed by atoms with Crippen molar-refractivity contribution < 1.29 is 13.9 Å². The number of oxazole rings is 1. The molecular formula is C22H32N2O3. The van der Waals surface area contributed by atoms with Gasteiger partial charge in [0.15, 0.2) is 0 Å². The average Bonchev–Trinajstić information content (AvgIpc) is 3.03. The molecule has 2 heterocycles. The number of aromatic nitrogens is 1. The van der Waals surface area contributed by atoms with Gasteiger partial charge in [0, 0.05) is 31.9 Å². The molecule has 0 unspecified atom stereocenters. The zero-order chi connectivity index (χ0) is 19.4. The minimum atomic E-state index is 0.572. The zero-order valence-corrected chi connectivity index (χ0v) is 17.3. The van der Waals surface area contributed by atoms with Crippen LogP contribution in [0.15, 0.2) is 16.5 Å². The largest absolute Gasteiger partial charge is 0.496 e. The van der Waals surface area contributed by atoms with Crippen molar-refractivity contribution >= 4 is 0 Å². The van der Waals surface area contributed by atoms with Crippen molar-refractivity contribution in [1.82, 2.24) is 9.88 Å². The predicted molar refractivity (Wildman–Crippen MR) is 107 cm³/mol. The standard InChI is InChI=1S/C22H32N2O3/c1-15-16(2)21(26-5)10-9-19(15)22-23-20(17(3)27-22)14-24-12-7-6-8-18(24)11-13-25-4/h9-10,18H,6-8,11-14H2,1-5H3/t18-/m1/s1. The van der Waals surface area contributed by atoms with Crippen molar-refractivity contribution in [2.75, 3.05) is 27.4 Å². The summed E-state index contributed by atoms with van der Waals surface area (Å²) in [5, 5.41) is 0. The summed E-state index contributed by atoms with van der Waals surface area (Å²) >= 11 is 0. The number of likely N-dealkylation sites (tertiary alicyclic amines) is 1. The smallest absolute Gasteiger partial charge is 0.226 e. The van der Waals surface area contributed by atoms with Crippen LogP contribution >= 0.6 is 0 Å². The van der Waals surface area contributed by atoms with Crippen molar-refractivity contribution in [2.24, 2.45) is 0 Å². The molecule has 0 spiro atoms. The van der Waals surface area contributed by atoms with Gasteiger partial charge in [-0.3, -0.25) is 4.90 Å². The van der Waals surface area contributed by atoms with Crippen LogP contribution in [-0.2, 0) is 11.3 Å². The summed E-state index contributed by atoms with van der Waals surface area (Å²) in [6, 6.07) is 4.60.